The number of benzene rings is 2. The fourth-order valence-electron chi connectivity index (χ4n) is 3.90. The Hall–Kier alpha value is -2.10. The Morgan fingerprint density at radius 3 is 2.06 bits per heavy atom. The summed E-state index contributed by atoms with van der Waals surface area (Å²) >= 11 is 0. The van der Waals surface area contributed by atoms with Crippen LogP contribution in [0.3, 0.4) is 0 Å². The van der Waals surface area contributed by atoms with Crippen molar-refractivity contribution >= 4 is 0 Å². The van der Waals surface area contributed by atoms with E-state index in [1.165, 1.54) is 6.92 Å². The van der Waals surface area contributed by atoms with Crippen LogP contribution in [0.1, 0.15) is 48.1 Å². The van der Waals surface area contributed by atoms with Gasteiger partial charge in [-0.15, -0.1) is 0 Å². The van der Waals surface area contributed by atoms with Crippen LogP contribution in [0.2, 0.25) is 0 Å². The van der Waals surface area contributed by atoms with Gasteiger partial charge < -0.3 is 14.8 Å². The lowest BCUT2D eigenvalue weighted by atomic mass is 9.82. The van der Waals surface area contributed by atoms with Crippen molar-refractivity contribution in [1.82, 2.24) is 5.32 Å². The lowest BCUT2D eigenvalue weighted by molar-refractivity contribution is -0.143. The first-order chi connectivity index (χ1) is 14.9. The number of nitrogens with one attached hydrogen (secondary N) is 1. The second-order valence-corrected chi connectivity index (χ2v) is 8.02. The molecule has 0 bridgehead atoms. The maximum absolute atomic E-state index is 13.2. The van der Waals surface area contributed by atoms with E-state index in [1.54, 1.807) is 7.11 Å². The molecule has 1 N–H and O–H groups in total. The summed E-state index contributed by atoms with van der Waals surface area (Å²) < 4.78 is 90.5. The quantitative estimate of drug-likeness (QED) is 0.528. The Morgan fingerprint density at radius 2 is 1.59 bits per heavy atom. The fourth-order valence-corrected chi connectivity index (χ4v) is 3.90. The van der Waals surface area contributed by atoms with Crippen molar-refractivity contribution in [2.45, 2.75) is 49.9 Å². The molecule has 0 aliphatic carbocycles. The molecule has 0 spiro atoms. The van der Waals surface area contributed by atoms with E-state index in [1.807, 2.05) is 30.3 Å². The van der Waals surface area contributed by atoms with Gasteiger partial charge in [0.15, 0.2) is 0 Å². The lowest BCUT2D eigenvalue weighted by Gasteiger charge is -2.42. The Morgan fingerprint density at radius 1 is 1.00 bits per heavy atom. The van der Waals surface area contributed by atoms with Crippen LogP contribution in [0.15, 0.2) is 48.5 Å². The van der Waals surface area contributed by atoms with Gasteiger partial charge in [0.25, 0.3) is 0 Å². The number of hydrogen-bond donors (Lipinski definition) is 1. The molecular weight excluding hydrogens is 436 g/mol. The third-order valence-electron chi connectivity index (χ3n) is 5.88. The first-order valence-corrected chi connectivity index (χ1v) is 10.2. The van der Waals surface area contributed by atoms with Crippen LogP contribution in [-0.4, -0.2) is 26.4 Å². The molecule has 1 aliphatic heterocycles. The third-order valence-corrected chi connectivity index (χ3v) is 5.88. The van der Waals surface area contributed by atoms with Crippen molar-refractivity contribution in [1.29, 1.82) is 0 Å². The molecule has 2 aromatic rings. The van der Waals surface area contributed by atoms with Gasteiger partial charge in [0, 0.05) is 13.7 Å². The van der Waals surface area contributed by atoms with Gasteiger partial charge in [-0.25, -0.2) is 0 Å². The fraction of sp³-hybridized carbons (Fsp3) is 0.478. The molecule has 9 heteroatoms. The number of alkyl halides is 6. The molecule has 3 nitrogen and oxygen atoms in total. The van der Waals surface area contributed by atoms with Crippen LogP contribution in [0, 0.1) is 0 Å². The predicted molar refractivity (Wildman–Crippen MR) is 107 cm³/mol. The number of piperidine rings is 1. The van der Waals surface area contributed by atoms with E-state index in [2.05, 4.69) is 5.32 Å². The number of halogens is 6. The van der Waals surface area contributed by atoms with E-state index < -0.39 is 35.1 Å². The highest BCUT2D eigenvalue weighted by atomic mass is 19.4. The van der Waals surface area contributed by atoms with E-state index in [0.29, 0.717) is 25.1 Å². The average molecular weight is 461 g/mol. The first-order valence-electron chi connectivity index (χ1n) is 10.2. The van der Waals surface area contributed by atoms with E-state index in [9.17, 15) is 26.3 Å². The van der Waals surface area contributed by atoms with Gasteiger partial charge in [0.2, 0.25) is 0 Å². The minimum Gasteiger partial charge on any atom is -0.380 e. The molecule has 1 saturated heterocycles. The molecule has 0 radical (unpaired) electrons. The maximum atomic E-state index is 13.2. The third kappa shape index (κ3) is 5.63. The van der Waals surface area contributed by atoms with Crippen molar-refractivity contribution in [3.63, 3.8) is 0 Å². The summed E-state index contributed by atoms with van der Waals surface area (Å²) in [4.78, 5) is 0. The van der Waals surface area contributed by atoms with Gasteiger partial charge in [-0.1, -0.05) is 30.3 Å². The van der Waals surface area contributed by atoms with Crippen molar-refractivity contribution in [2.75, 3.05) is 20.3 Å². The van der Waals surface area contributed by atoms with Crippen LogP contribution in [0.4, 0.5) is 26.3 Å². The Kier molecular flexibility index (Phi) is 7.21. The second kappa shape index (κ2) is 9.41. The summed E-state index contributed by atoms with van der Waals surface area (Å²) in [7, 11) is 1.62. The van der Waals surface area contributed by atoms with Gasteiger partial charge >= 0.3 is 12.4 Å². The molecule has 3 atom stereocenters. The highest BCUT2D eigenvalue weighted by Gasteiger charge is 2.39. The average Bonchev–Trinajstić information content (AvgIpc) is 2.77. The van der Waals surface area contributed by atoms with E-state index >= 15 is 0 Å². The second-order valence-electron chi connectivity index (χ2n) is 8.02. The zero-order valence-electron chi connectivity index (χ0n) is 17.7. The van der Waals surface area contributed by atoms with E-state index in [-0.39, 0.29) is 24.3 Å². The molecular formula is C23H25F6NO2. The van der Waals surface area contributed by atoms with Crippen LogP contribution in [0.5, 0.6) is 0 Å². The van der Waals surface area contributed by atoms with Crippen molar-refractivity contribution < 1.29 is 35.8 Å². The van der Waals surface area contributed by atoms with E-state index in [0.717, 1.165) is 12.0 Å². The molecule has 2 aromatic carbocycles. The Balaban J connectivity index is 1.86. The Bertz CT molecular complexity index is 857. The van der Waals surface area contributed by atoms with Crippen molar-refractivity contribution in [3.05, 3.63) is 70.8 Å². The summed E-state index contributed by atoms with van der Waals surface area (Å²) in [5, 5.41) is 3.42. The summed E-state index contributed by atoms with van der Waals surface area (Å²) in [6.45, 7) is 2.08. The predicted octanol–water partition coefficient (Wildman–Crippen LogP) is 6.10. The summed E-state index contributed by atoms with van der Waals surface area (Å²) in [5.41, 5.74) is -2.58. The van der Waals surface area contributed by atoms with Gasteiger partial charge in [0.1, 0.15) is 0 Å². The van der Waals surface area contributed by atoms with Crippen LogP contribution in [-0.2, 0) is 27.4 Å². The highest BCUT2D eigenvalue weighted by Crippen LogP contribution is 2.39. The lowest BCUT2D eigenvalue weighted by Crippen LogP contribution is -2.53. The summed E-state index contributed by atoms with van der Waals surface area (Å²) in [5.74, 6) is 0. The molecule has 0 aromatic heterocycles. The zero-order valence-corrected chi connectivity index (χ0v) is 17.7. The normalized spacial score (nSPS) is 23.2. The summed E-state index contributed by atoms with van der Waals surface area (Å²) in [6, 6.07) is 11.0. The smallest absolute Gasteiger partial charge is 0.380 e. The maximum Gasteiger partial charge on any atom is 0.416 e. The molecule has 1 fully saturated rings. The molecule has 32 heavy (non-hydrogen) atoms. The number of methoxy groups -OCH3 is 1. The van der Waals surface area contributed by atoms with Crippen LogP contribution >= 0.6 is 0 Å². The van der Waals surface area contributed by atoms with Crippen LogP contribution in [0.25, 0.3) is 0 Å². The Labute approximate surface area is 182 Å². The largest absolute Gasteiger partial charge is 0.416 e. The van der Waals surface area contributed by atoms with Crippen LogP contribution < -0.4 is 5.32 Å². The first kappa shape index (κ1) is 24.5. The monoisotopic (exact) mass is 461 g/mol. The molecule has 1 unspecified atom stereocenters. The molecule has 0 amide bonds. The van der Waals surface area contributed by atoms with Gasteiger partial charge in [0.05, 0.1) is 35.5 Å². The molecule has 0 saturated carbocycles. The minimum atomic E-state index is -4.90. The molecule has 1 aliphatic rings. The summed E-state index contributed by atoms with van der Waals surface area (Å²) in [6.07, 6.45) is -9.40. The molecule has 3 rings (SSSR count). The molecule has 1 heterocycles. The number of hydrogen-bond acceptors (Lipinski definition) is 3. The number of ether oxygens (including phenoxy) is 2. The van der Waals surface area contributed by atoms with Crippen molar-refractivity contribution in [2.24, 2.45) is 0 Å². The van der Waals surface area contributed by atoms with Gasteiger partial charge in [-0.2, -0.15) is 26.3 Å². The molecule has 176 valence electrons. The minimum absolute atomic E-state index is 0.0158. The number of rotatable bonds is 6. The standard InChI is InChI=1S/C23H25F6NO2/c1-15(16-10-18(22(24,25)26)12-19(11-16)23(27,28)29)32-14-21(17-6-4-3-5-7-17)9-8-20(31-2)13-30-21/h3-7,10-12,15,20,30H,8-9,13-14H2,1-2H3/t15-,20?,21-/m1/s1. The van der Waals surface area contributed by atoms with Gasteiger partial charge in [-0.05, 0) is 49.1 Å². The van der Waals surface area contributed by atoms with Crippen molar-refractivity contribution in [3.8, 4) is 0 Å². The topological polar surface area (TPSA) is 30.5 Å². The van der Waals surface area contributed by atoms with Gasteiger partial charge in [-0.3, -0.25) is 0 Å². The van der Waals surface area contributed by atoms with E-state index in [4.69, 9.17) is 9.47 Å². The SMILES string of the molecule is COC1CC[C@@](CO[C@H](C)c2cc(C(F)(F)F)cc(C(F)(F)F)c2)(c2ccccc2)NC1. The zero-order chi connectivity index (χ0) is 23.6. The highest BCUT2D eigenvalue weighted by molar-refractivity contribution is 5.35.